The lowest BCUT2D eigenvalue weighted by molar-refractivity contribution is 0.200. The lowest BCUT2D eigenvalue weighted by Crippen LogP contribution is -2.08. The zero-order chi connectivity index (χ0) is 11.7. The molecule has 1 nitrogen and oxygen atoms in total. The van der Waals surface area contributed by atoms with E-state index in [1.165, 1.54) is 38.5 Å². The third-order valence-electron chi connectivity index (χ3n) is 3.26. The highest BCUT2D eigenvalue weighted by molar-refractivity contribution is 4.62. The van der Waals surface area contributed by atoms with Crippen LogP contribution >= 0.6 is 0 Å². The summed E-state index contributed by atoms with van der Waals surface area (Å²) in [6.07, 6.45) is 7.58. The van der Waals surface area contributed by atoms with E-state index in [1.54, 1.807) is 0 Å². The van der Waals surface area contributed by atoms with Crippen LogP contribution in [0, 0.1) is 17.8 Å². The van der Waals surface area contributed by atoms with Crippen LogP contribution in [0.2, 0.25) is 0 Å². The molecular formula is C14H30O. The molecule has 0 aliphatic carbocycles. The topological polar surface area (TPSA) is 20.2 Å². The molecule has 15 heavy (non-hydrogen) atoms. The minimum absolute atomic E-state index is 0.380. The first-order chi connectivity index (χ1) is 7.10. The number of rotatable bonds is 9. The number of aliphatic hydroxyl groups excluding tert-OH is 1. The minimum atomic E-state index is 0.380. The van der Waals surface area contributed by atoms with Crippen LogP contribution < -0.4 is 0 Å². The monoisotopic (exact) mass is 214 g/mol. The van der Waals surface area contributed by atoms with Gasteiger partial charge in [0.05, 0.1) is 0 Å². The second-order valence-corrected chi connectivity index (χ2v) is 5.49. The molecule has 0 aromatic heterocycles. The van der Waals surface area contributed by atoms with Crippen molar-refractivity contribution in [3.63, 3.8) is 0 Å². The van der Waals surface area contributed by atoms with E-state index in [4.69, 9.17) is 0 Å². The summed E-state index contributed by atoms with van der Waals surface area (Å²) in [5.41, 5.74) is 0. The van der Waals surface area contributed by atoms with Crippen LogP contribution in [0.4, 0.5) is 0 Å². The van der Waals surface area contributed by atoms with Gasteiger partial charge in [0.25, 0.3) is 0 Å². The van der Waals surface area contributed by atoms with E-state index in [2.05, 4.69) is 27.7 Å². The third kappa shape index (κ3) is 8.92. The normalized spacial score (nSPS) is 15.6. The quantitative estimate of drug-likeness (QED) is 0.608. The van der Waals surface area contributed by atoms with Crippen LogP contribution in [0.5, 0.6) is 0 Å². The van der Waals surface area contributed by atoms with Crippen LogP contribution in [0.25, 0.3) is 0 Å². The van der Waals surface area contributed by atoms with Crippen LogP contribution in [-0.4, -0.2) is 11.7 Å². The number of hydrogen-bond donors (Lipinski definition) is 1. The van der Waals surface area contributed by atoms with Gasteiger partial charge in [-0.2, -0.15) is 0 Å². The molecule has 92 valence electrons. The lowest BCUT2D eigenvalue weighted by Gasteiger charge is -2.17. The lowest BCUT2D eigenvalue weighted by atomic mass is 9.90. The molecule has 1 N–H and O–H groups in total. The summed E-state index contributed by atoms with van der Waals surface area (Å²) in [5, 5.41) is 9.19. The first-order valence-electron chi connectivity index (χ1n) is 6.70. The van der Waals surface area contributed by atoms with Gasteiger partial charge < -0.3 is 5.11 Å². The summed E-state index contributed by atoms with van der Waals surface area (Å²) in [4.78, 5) is 0. The van der Waals surface area contributed by atoms with E-state index in [0.717, 1.165) is 11.8 Å². The van der Waals surface area contributed by atoms with Crippen molar-refractivity contribution < 1.29 is 5.11 Å². The van der Waals surface area contributed by atoms with E-state index in [-0.39, 0.29) is 0 Å². The van der Waals surface area contributed by atoms with E-state index in [1.807, 2.05) is 0 Å². The summed E-state index contributed by atoms with van der Waals surface area (Å²) >= 11 is 0. The van der Waals surface area contributed by atoms with E-state index in [0.29, 0.717) is 12.5 Å². The molecule has 0 aliphatic heterocycles. The Labute approximate surface area is 96.3 Å². The Kier molecular flexibility index (Phi) is 9.18. The standard InChI is InChI=1S/C14H30O/c1-5-6-14(11-15)10-9-13(4)8-7-12(2)3/h12-15H,5-11H2,1-4H3. The van der Waals surface area contributed by atoms with Crippen molar-refractivity contribution in [2.45, 2.75) is 66.2 Å². The van der Waals surface area contributed by atoms with E-state index in [9.17, 15) is 5.11 Å². The molecule has 0 heterocycles. The fourth-order valence-corrected chi connectivity index (χ4v) is 2.02. The maximum absolute atomic E-state index is 9.19. The first-order valence-corrected chi connectivity index (χ1v) is 6.70. The van der Waals surface area contributed by atoms with Crippen LogP contribution in [0.1, 0.15) is 66.2 Å². The van der Waals surface area contributed by atoms with E-state index < -0.39 is 0 Å². The van der Waals surface area contributed by atoms with Gasteiger partial charge in [-0.05, 0) is 30.6 Å². The fourth-order valence-electron chi connectivity index (χ4n) is 2.02. The van der Waals surface area contributed by atoms with Gasteiger partial charge >= 0.3 is 0 Å². The molecule has 0 aromatic carbocycles. The Bertz CT molecular complexity index is 131. The van der Waals surface area contributed by atoms with Gasteiger partial charge in [0, 0.05) is 6.61 Å². The largest absolute Gasteiger partial charge is 0.396 e. The average molecular weight is 214 g/mol. The first kappa shape index (κ1) is 15.0. The summed E-state index contributed by atoms with van der Waals surface area (Å²) in [7, 11) is 0. The van der Waals surface area contributed by atoms with Crippen LogP contribution in [0.3, 0.4) is 0 Å². The highest BCUT2D eigenvalue weighted by Gasteiger charge is 2.09. The molecule has 0 spiro atoms. The molecule has 0 fully saturated rings. The fraction of sp³-hybridized carbons (Fsp3) is 1.00. The predicted octanol–water partition coefficient (Wildman–Crippen LogP) is 4.25. The SMILES string of the molecule is CCCC(CO)CCC(C)CCC(C)C. The molecular weight excluding hydrogens is 184 g/mol. The van der Waals surface area contributed by atoms with E-state index >= 15 is 0 Å². The number of aliphatic hydroxyl groups is 1. The molecule has 2 atom stereocenters. The van der Waals surface area contributed by atoms with Gasteiger partial charge in [0.2, 0.25) is 0 Å². The van der Waals surface area contributed by atoms with Crippen molar-refractivity contribution in [3.05, 3.63) is 0 Å². The summed E-state index contributed by atoms with van der Waals surface area (Å²) in [5.74, 6) is 2.21. The number of hydrogen-bond acceptors (Lipinski definition) is 1. The molecule has 0 saturated heterocycles. The molecule has 0 radical (unpaired) electrons. The van der Waals surface area contributed by atoms with Crippen molar-refractivity contribution in [2.75, 3.05) is 6.61 Å². The summed E-state index contributed by atoms with van der Waals surface area (Å²) in [6, 6.07) is 0. The molecule has 0 aromatic rings. The Hall–Kier alpha value is -0.0400. The molecule has 0 amide bonds. The highest BCUT2D eigenvalue weighted by atomic mass is 16.3. The minimum Gasteiger partial charge on any atom is -0.396 e. The van der Waals surface area contributed by atoms with Crippen molar-refractivity contribution in [1.29, 1.82) is 0 Å². The molecule has 0 aliphatic rings. The Morgan fingerprint density at radius 2 is 1.47 bits per heavy atom. The van der Waals surface area contributed by atoms with Crippen LogP contribution in [0.15, 0.2) is 0 Å². The molecule has 0 rings (SSSR count). The predicted molar refractivity (Wildman–Crippen MR) is 68.0 cm³/mol. The van der Waals surface area contributed by atoms with Gasteiger partial charge in [-0.25, -0.2) is 0 Å². The Balaban J connectivity index is 3.54. The van der Waals surface area contributed by atoms with Gasteiger partial charge in [0.1, 0.15) is 0 Å². The van der Waals surface area contributed by atoms with Crippen molar-refractivity contribution in [1.82, 2.24) is 0 Å². The zero-order valence-electron chi connectivity index (χ0n) is 11.1. The average Bonchev–Trinajstić information content (AvgIpc) is 2.21. The van der Waals surface area contributed by atoms with Gasteiger partial charge in [-0.3, -0.25) is 0 Å². The van der Waals surface area contributed by atoms with Crippen molar-refractivity contribution in [3.8, 4) is 0 Å². The second-order valence-electron chi connectivity index (χ2n) is 5.49. The summed E-state index contributed by atoms with van der Waals surface area (Å²) in [6.45, 7) is 9.51. The third-order valence-corrected chi connectivity index (χ3v) is 3.26. The van der Waals surface area contributed by atoms with Crippen molar-refractivity contribution >= 4 is 0 Å². The Morgan fingerprint density at radius 1 is 0.867 bits per heavy atom. The highest BCUT2D eigenvalue weighted by Crippen LogP contribution is 2.21. The Morgan fingerprint density at radius 3 is 1.93 bits per heavy atom. The van der Waals surface area contributed by atoms with Gasteiger partial charge in [-0.1, -0.05) is 53.4 Å². The van der Waals surface area contributed by atoms with Crippen LogP contribution in [-0.2, 0) is 0 Å². The smallest absolute Gasteiger partial charge is 0.0459 e. The maximum Gasteiger partial charge on any atom is 0.0459 e. The molecule has 1 heteroatoms. The summed E-state index contributed by atoms with van der Waals surface area (Å²) < 4.78 is 0. The maximum atomic E-state index is 9.19. The molecule has 0 saturated carbocycles. The second kappa shape index (κ2) is 9.21. The van der Waals surface area contributed by atoms with Gasteiger partial charge in [-0.15, -0.1) is 0 Å². The van der Waals surface area contributed by atoms with Crippen molar-refractivity contribution in [2.24, 2.45) is 17.8 Å². The zero-order valence-corrected chi connectivity index (χ0v) is 11.1. The van der Waals surface area contributed by atoms with Gasteiger partial charge in [0.15, 0.2) is 0 Å². The molecule has 0 bridgehead atoms. The molecule has 2 unspecified atom stereocenters.